The van der Waals surface area contributed by atoms with Crippen LogP contribution in [0.1, 0.15) is 43.0 Å². The third-order valence-corrected chi connectivity index (χ3v) is 4.72. The molecule has 0 spiro atoms. The van der Waals surface area contributed by atoms with Gasteiger partial charge in [0, 0.05) is 5.69 Å². The van der Waals surface area contributed by atoms with Crippen LogP contribution in [-0.2, 0) is 0 Å². The highest BCUT2D eigenvalue weighted by Gasteiger charge is 2.19. The van der Waals surface area contributed by atoms with Crippen LogP contribution in [-0.4, -0.2) is 17.6 Å². The molecule has 4 nitrogen and oxygen atoms in total. The number of phenols is 1. The van der Waals surface area contributed by atoms with Crippen LogP contribution in [0.2, 0.25) is 0 Å². The van der Waals surface area contributed by atoms with Crippen LogP contribution in [0.3, 0.4) is 0 Å². The Bertz CT molecular complexity index is 921. The second kappa shape index (κ2) is 10.3. The zero-order valence-electron chi connectivity index (χ0n) is 16.7. The maximum atomic E-state index is 13.2. The molecule has 0 bridgehead atoms. The first kappa shape index (κ1) is 20.5. The van der Waals surface area contributed by atoms with Crippen molar-refractivity contribution in [2.45, 2.75) is 32.6 Å². The van der Waals surface area contributed by atoms with E-state index in [1.807, 2.05) is 48.5 Å². The summed E-state index contributed by atoms with van der Waals surface area (Å²) in [6.07, 6.45) is 4.43. The van der Waals surface area contributed by atoms with Gasteiger partial charge in [0.1, 0.15) is 11.5 Å². The molecule has 3 aromatic carbocycles. The summed E-state index contributed by atoms with van der Waals surface area (Å²) < 4.78 is 6.02. The molecule has 0 fully saturated rings. The minimum absolute atomic E-state index is 0.156. The largest absolute Gasteiger partial charge is 0.508 e. The Labute approximate surface area is 172 Å². The van der Waals surface area contributed by atoms with Gasteiger partial charge in [-0.15, -0.1) is 0 Å². The summed E-state index contributed by atoms with van der Waals surface area (Å²) >= 11 is 0. The summed E-state index contributed by atoms with van der Waals surface area (Å²) in [6.45, 7) is 2.76. The Morgan fingerprint density at radius 1 is 0.897 bits per heavy atom. The van der Waals surface area contributed by atoms with Gasteiger partial charge < -0.3 is 15.2 Å². The number of hydrogen-bond donors (Lipinski definition) is 2. The van der Waals surface area contributed by atoms with Gasteiger partial charge in [-0.2, -0.15) is 0 Å². The second-order valence-electron chi connectivity index (χ2n) is 6.95. The molecule has 0 aliphatic rings. The summed E-state index contributed by atoms with van der Waals surface area (Å²) in [6, 6.07) is 22.0. The highest BCUT2D eigenvalue weighted by atomic mass is 16.5. The molecule has 29 heavy (non-hydrogen) atoms. The number of unbranched alkanes of at least 4 members (excludes halogenated alkanes) is 3. The normalized spacial score (nSPS) is 10.5. The van der Waals surface area contributed by atoms with Crippen molar-refractivity contribution in [3.05, 3.63) is 78.4 Å². The predicted octanol–water partition coefficient (Wildman–Crippen LogP) is 6.27. The maximum Gasteiger partial charge on any atom is 0.260 e. The molecule has 0 aliphatic heterocycles. The number of ether oxygens (including phenoxy) is 1. The van der Waals surface area contributed by atoms with E-state index in [1.54, 1.807) is 24.3 Å². The number of benzene rings is 3. The lowest BCUT2D eigenvalue weighted by molar-refractivity contribution is 0.102. The molecule has 0 radical (unpaired) electrons. The number of phenolic OH excluding ortho intramolecular Hbond substituents is 1. The first-order valence-corrected chi connectivity index (χ1v) is 10.1. The van der Waals surface area contributed by atoms with E-state index in [2.05, 4.69) is 12.2 Å². The number of rotatable bonds is 9. The van der Waals surface area contributed by atoms with E-state index in [0.717, 1.165) is 24.0 Å². The molecule has 0 atom stereocenters. The van der Waals surface area contributed by atoms with Gasteiger partial charge in [0.2, 0.25) is 0 Å². The van der Waals surface area contributed by atoms with Crippen LogP contribution < -0.4 is 10.1 Å². The van der Waals surface area contributed by atoms with Crippen LogP contribution in [0.15, 0.2) is 72.8 Å². The molecule has 0 saturated heterocycles. The zero-order valence-corrected chi connectivity index (χ0v) is 16.7. The molecule has 150 valence electrons. The number of carbonyl (C=O) groups excluding carboxylic acids is 1. The lowest BCUT2D eigenvalue weighted by Gasteiger charge is -2.16. The second-order valence-corrected chi connectivity index (χ2v) is 6.95. The molecule has 0 aromatic heterocycles. The maximum absolute atomic E-state index is 13.2. The average Bonchev–Trinajstić information content (AvgIpc) is 2.75. The van der Waals surface area contributed by atoms with E-state index in [4.69, 9.17) is 4.74 Å². The van der Waals surface area contributed by atoms with E-state index in [1.165, 1.54) is 12.8 Å². The summed E-state index contributed by atoms with van der Waals surface area (Å²) in [5.41, 5.74) is 2.92. The summed E-state index contributed by atoms with van der Waals surface area (Å²) in [7, 11) is 0. The van der Waals surface area contributed by atoms with Crippen LogP contribution in [0, 0.1) is 0 Å². The SMILES string of the molecule is CCCCCCOc1cccc(-c2ccccc2)c1C(=O)Nc1ccc(O)cc1. The number of amides is 1. The summed E-state index contributed by atoms with van der Waals surface area (Å²) in [4.78, 5) is 13.2. The quantitative estimate of drug-likeness (QED) is 0.335. The van der Waals surface area contributed by atoms with Gasteiger partial charge in [-0.05, 0) is 47.9 Å². The summed E-state index contributed by atoms with van der Waals surface area (Å²) in [5, 5.41) is 12.4. The Kier molecular flexibility index (Phi) is 7.28. The Balaban J connectivity index is 1.89. The Hall–Kier alpha value is -3.27. The third kappa shape index (κ3) is 5.61. The highest BCUT2D eigenvalue weighted by Crippen LogP contribution is 2.32. The lowest BCUT2D eigenvalue weighted by atomic mass is 9.98. The molecule has 0 aliphatic carbocycles. The molecule has 1 amide bonds. The number of carbonyl (C=O) groups is 1. The average molecular weight is 389 g/mol. The van der Waals surface area contributed by atoms with E-state index >= 15 is 0 Å². The smallest absolute Gasteiger partial charge is 0.260 e. The van der Waals surface area contributed by atoms with Crippen molar-refractivity contribution in [2.24, 2.45) is 0 Å². The first-order valence-electron chi connectivity index (χ1n) is 10.1. The molecule has 0 saturated carbocycles. The van der Waals surface area contributed by atoms with E-state index in [0.29, 0.717) is 23.6 Å². The predicted molar refractivity (Wildman–Crippen MR) is 118 cm³/mol. The summed E-state index contributed by atoms with van der Waals surface area (Å²) in [5.74, 6) is 0.501. The highest BCUT2D eigenvalue weighted by molar-refractivity contribution is 6.10. The minimum atomic E-state index is -0.237. The zero-order chi connectivity index (χ0) is 20.5. The fourth-order valence-corrected chi connectivity index (χ4v) is 3.19. The van der Waals surface area contributed by atoms with Crippen molar-refractivity contribution in [2.75, 3.05) is 11.9 Å². The van der Waals surface area contributed by atoms with Crippen LogP contribution >= 0.6 is 0 Å². The van der Waals surface area contributed by atoms with Gasteiger partial charge in [-0.1, -0.05) is 68.7 Å². The molecular formula is C25H27NO3. The molecular weight excluding hydrogens is 362 g/mol. The van der Waals surface area contributed by atoms with Gasteiger partial charge in [0.25, 0.3) is 5.91 Å². The van der Waals surface area contributed by atoms with Crippen molar-refractivity contribution in [1.29, 1.82) is 0 Å². The molecule has 3 rings (SSSR count). The first-order chi connectivity index (χ1) is 14.2. The van der Waals surface area contributed by atoms with E-state index in [9.17, 15) is 9.90 Å². The van der Waals surface area contributed by atoms with E-state index < -0.39 is 0 Å². The topological polar surface area (TPSA) is 58.6 Å². The van der Waals surface area contributed by atoms with Crippen LogP contribution in [0.5, 0.6) is 11.5 Å². The monoisotopic (exact) mass is 389 g/mol. The van der Waals surface area contributed by atoms with Gasteiger partial charge in [0.15, 0.2) is 0 Å². The number of nitrogens with one attached hydrogen (secondary N) is 1. The number of hydrogen-bond acceptors (Lipinski definition) is 3. The van der Waals surface area contributed by atoms with Gasteiger partial charge in [-0.25, -0.2) is 0 Å². The molecule has 0 unspecified atom stereocenters. The third-order valence-electron chi connectivity index (χ3n) is 4.72. The van der Waals surface area contributed by atoms with Gasteiger partial charge in [0.05, 0.1) is 12.2 Å². The van der Waals surface area contributed by atoms with Crippen molar-refractivity contribution in [3.8, 4) is 22.6 Å². The molecule has 4 heteroatoms. The van der Waals surface area contributed by atoms with Crippen LogP contribution in [0.4, 0.5) is 5.69 Å². The van der Waals surface area contributed by atoms with Crippen molar-refractivity contribution in [1.82, 2.24) is 0 Å². The molecule has 2 N–H and O–H groups in total. The van der Waals surface area contributed by atoms with Gasteiger partial charge >= 0.3 is 0 Å². The molecule has 3 aromatic rings. The Morgan fingerprint density at radius 3 is 2.38 bits per heavy atom. The fraction of sp³-hybridized carbons (Fsp3) is 0.240. The lowest BCUT2D eigenvalue weighted by Crippen LogP contribution is -2.15. The Morgan fingerprint density at radius 2 is 1.66 bits per heavy atom. The molecule has 0 heterocycles. The van der Waals surface area contributed by atoms with Crippen molar-refractivity contribution >= 4 is 11.6 Å². The van der Waals surface area contributed by atoms with Crippen molar-refractivity contribution < 1.29 is 14.6 Å². The van der Waals surface area contributed by atoms with Crippen molar-refractivity contribution in [3.63, 3.8) is 0 Å². The number of anilines is 1. The minimum Gasteiger partial charge on any atom is -0.508 e. The van der Waals surface area contributed by atoms with Gasteiger partial charge in [-0.3, -0.25) is 4.79 Å². The van der Waals surface area contributed by atoms with E-state index in [-0.39, 0.29) is 11.7 Å². The standard InChI is InChI=1S/C25H27NO3/c1-2-3-4-8-18-29-23-13-9-12-22(19-10-6-5-7-11-19)24(23)25(28)26-20-14-16-21(27)17-15-20/h5-7,9-17,27H,2-4,8,18H2,1H3,(H,26,28). The number of aromatic hydroxyl groups is 1. The fourth-order valence-electron chi connectivity index (χ4n) is 3.19. The van der Waals surface area contributed by atoms with Crippen LogP contribution in [0.25, 0.3) is 11.1 Å².